The van der Waals surface area contributed by atoms with Crippen LogP contribution in [0.5, 0.6) is 0 Å². The Labute approximate surface area is 114 Å². The van der Waals surface area contributed by atoms with E-state index in [0.717, 1.165) is 25.9 Å². The highest BCUT2D eigenvalue weighted by molar-refractivity contribution is 5.94. The highest BCUT2D eigenvalue weighted by Crippen LogP contribution is 2.19. The molecule has 1 fully saturated rings. The normalized spacial score (nSPS) is 18.9. The lowest BCUT2D eigenvalue weighted by atomic mass is 10.0. The van der Waals surface area contributed by atoms with Gasteiger partial charge in [-0.05, 0) is 44.5 Å². The van der Waals surface area contributed by atoms with Crippen molar-refractivity contribution in [2.45, 2.75) is 25.3 Å². The number of benzene rings is 1. The Bertz CT molecular complexity index is 490. The van der Waals surface area contributed by atoms with Gasteiger partial charge >= 0.3 is 0 Å². The summed E-state index contributed by atoms with van der Waals surface area (Å²) in [6.07, 6.45) is 3.28. The van der Waals surface area contributed by atoms with Crippen LogP contribution in [0.15, 0.2) is 24.3 Å². The summed E-state index contributed by atoms with van der Waals surface area (Å²) in [5.41, 5.74) is 1.15. The summed E-state index contributed by atoms with van der Waals surface area (Å²) in [5.74, 6) is 0.0389. The van der Waals surface area contributed by atoms with Crippen LogP contribution in [0.2, 0.25) is 0 Å². The quantitative estimate of drug-likeness (QED) is 0.898. The van der Waals surface area contributed by atoms with Gasteiger partial charge in [-0.1, -0.05) is 6.07 Å². The SMILES string of the molecule is CNCC1CCCCN1C(=O)c1cccc(C#N)c1. The van der Waals surface area contributed by atoms with Crippen LogP contribution in [-0.2, 0) is 0 Å². The van der Waals surface area contributed by atoms with Crippen molar-refractivity contribution in [3.05, 3.63) is 35.4 Å². The van der Waals surface area contributed by atoms with E-state index in [4.69, 9.17) is 5.26 Å². The first-order valence-corrected chi connectivity index (χ1v) is 6.72. The molecule has 0 saturated carbocycles. The summed E-state index contributed by atoms with van der Waals surface area (Å²) in [6, 6.07) is 9.29. The Hall–Kier alpha value is -1.86. The number of likely N-dealkylation sites (N-methyl/N-ethyl adjacent to an activating group) is 1. The molecule has 1 aliphatic rings. The molecule has 1 aromatic carbocycles. The molecule has 100 valence electrons. The molecular weight excluding hydrogens is 238 g/mol. The molecule has 0 aromatic heterocycles. The predicted octanol–water partition coefficient (Wildman–Crippen LogP) is 1.77. The van der Waals surface area contributed by atoms with Crippen LogP contribution in [-0.4, -0.2) is 37.0 Å². The summed E-state index contributed by atoms with van der Waals surface area (Å²) in [7, 11) is 1.91. The number of likely N-dealkylation sites (tertiary alicyclic amines) is 1. The molecule has 0 aliphatic carbocycles. The third kappa shape index (κ3) is 3.12. The van der Waals surface area contributed by atoms with Crippen LogP contribution in [0, 0.1) is 11.3 Å². The molecule has 1 atom stereocenters. The van der Waals surface area contributed by atoms with Crippen molar-refractivity contribution in [3.63, 3.8) is 0 Å². The van der Waals surface area contributed by atoms with Crippen molar-refractivity contribution in [1.29, 1.82) is 5.26 Å². The maximum Gasteiger partial charge on any atom is 0.254 e. The number of rotatable bonds is 3. The van der Waals surface area contributed by atoms with Crippen molar-refractivity contribution in [2.75, 3.05) is 20.1 Å². The van der Waals surface area contributed by atoms with Crippen LogP contribution in [0.25, 0.3) is 0 Å². The van der Waals surface area contributed by atoms with E-state index in [-0.39, 0.29) is 11.9 Å². The summed E-state index contributed by atoms with van der Waals surface area (Å²) >= 11 is 0. The van der Waals surface area contributed by atoms with Gasteiger partial charge in [-0.3, -0.25) is 4.79 Å². The van der Waals surface area contributed by atoms with E-state index in [1.807, 2.05) is 11.9 Å². The number of nitrogens with one attached hydrogen (secondary N) is 1. The van der Waals surface area contributed by atoms with Crippen LogP contribution < -0.4 is 5.32 Å². The highest BCUT2D eigenvalue weighted by atomic mass is 16.2. The van der Waals surface area contributed by atoms with Gasteiger partial charge in [-0.2, -0.15) is 5.26 Å². The lowest BCUT2D eigenvalue weighted by molar-refractivity contribution is 0.0615. The van der Waals surface area contributed by atoms with Gasteiger partial charge in [-0.25, -0.2) is 0 Å². The molecule has 1 saturated heterocycles. The first-order valence-electron chi connectivity index (χ1n) is 6.72. The van der Waals surface area contributed by atoms with Gasteiger partial charge < -0.3 is 10.2 Å². The molecule has 0 spiro atoms. The fraction of sp³-hybridized carbons (Fsp3) is 0.467. The first-order chi connectivity index (χ1) is 9.26. The third-order valence-corrected chi connectivity index (χ3v) is 3.57. The first kappa shape index (κ1) is 13.6. The number of amides is 1. The molecule has 1 aliphatic heterocycles. The number of carbonyl (C=O) groups excluding carboxylic acids is 1. The largest absolute Gasteiger partial charge is 0.334 e. The fourth-order valence-electron chi connectivity index (χ4n) is 2.60. The van der Waals surface area contributed by atoms with E-state index in [9.17, 15) is 4.79 Å². The molecule has 4 heteroatoms. The zero-order valence-electron chi connectivity index (χ0n) is 11.2. The minimum absolute atomic E-state index is 0.0389. The van der Waals surface area contributed by atoms with Gasteiger partial charge in [-0.15, -0.1) is 0 Å². The minimum atomic E-state index is 0.0389. The zero-order valence-corrected chi connectivity index (χ0v) is 11.2. The topological polar surface area (TPSA) is 56.1 Å². The average Bonchev–Trinajstić information content (AvgIpc) is 2.47. The number of piperidine rings is 1. The summed E-state index contributed by atoms with van der Waals surface area (Å²) in [5, 5.41) is 12.1. The molecule has 1 aromatic rings. The van der Waals surface area contributed by atoms with Gasteiger partial charge in [0.15, 0.2) is 0 Å². The minimum Gasteiger partial charge on any atom is -0.334 e. The van der Waals surface area contributed by atoms with E-state index in [0.29, 0.717) is 11.1 Å². The number of nitriles is 1. The number of nitrogens with zero attached hydrogens (tertiary/aromatic N) is 2. The molecule has 19 heavy (non-hydrogen) atoms. The van der Waals surface area contributed by atoms with E-state index in [1.165, 1.54) is 6.42 Å². The van der Waals surface area contributed by atoms with E-state index in [2.05, 4.69) is 11.4 Å². The summed E-state index contributed by atoms with van der Waals surface area (Å²) < 4.78 is 0. The highest BCUT2D eigenvalue weighted by Gasteiger charge is 2.26. The lowest BCUT2D eigenvalue weighted by Crippen LogP contribution is -2.48. The molecular formula is C15H19N3O. The molecule has 4 nitrogen and oxygen atoms in total. The summed E-state index contributed by atoms with van der Waals surface area (Å²) in [4.78, 5) is 14.5. The van der Waals surface area contributed by atoms with E-state index >= 15 is 0 Å². The molecule has 1 N–H and O–H groups in total. The van der Waals surface area contributed by atoms with Crippen molar-refractivity contribution in [1.82, 2.24) is 10.2 Å². The Kier molecular flexibility index (Phi) is 4.53. The molecule has 1 unspecified atom stereocenters. The molecule has 1 amide bonds. The standard InChI is InChI=1S/C15H19N3O/c1-17-11-14-7-2-3-8-18(14)15(19)13-6-4-5-12(9-13)10-16/h4-6,9,14,17H,2-3,7-8,11H2,1H3. The van der Waals surface area contributed by atoms with Gasteiger partial charge in [0.25, 0.3) is 5.91 Å². The van der Waals surface area contributed by atoms with Crippen LogP contribution in [0.3, 0.4) is 0 Å². The Morgan fingerprint density at radius 3 is 3.11 bits per heavy atom. The average molecular weight is 257 g/mol. The predicted molar refractivity (Wildman–Crippen MR) is 73.8 cm³/mol. The smallest absolute Gasteiger partial charge is 0.254 e. The Morgan fingerprint density at radius 1 is 1.53 bits per heavy atom. The van der Waals surface area contributed by atoms with Crippen molar-refractivity contribution in [3.8, 4) is 6.07 Å². The van der Waals surface area contributed by atoms with Gasteiger partial charge in [0, 0.05) is 24.7 Å². The second kappa shape index (κ2) is 6.35. The van der Waals surface area contributed by atoms with E-state index in [1.54, 1.807) is 24.3 Å². The fourth-order valence-corrected chi connectivity index (χ4v) is 2.60. The lowest BCUT2D eigenvalue weighted by Gasteiger charge is -2.35. The zero-order chi connectivity index (χ0) is 13.7. The van der Waals surface area contributed by atoms with Gasteiger partial charge in [0.05, 0.1) is 11.6 Å². The van der Waals surface area contributed by atoms with Crippen molar-refractivity contribution >= 4 is 5.91 Å². The second-order valence-electron chi connectivity index (χ2n) is 4.90. The second-order valence-corrected chi connectivity index (χ2v) is 4.90. The molecule has 1 heterocycles. The number of hydrogen-bond acceptors (Lipinski definition) is 3. The van der Waals surface area contributed by atoms with Crippen molar-refractivity contribution in [2.24, 2.45) is 0 Å². The molecule has 0 radical (unpaired) electrons. The Morgan fingerprint density at radius 2 is 2.37 bits per heavy atom. The van der Waals surface area contributed by atoms with Crippen LogP contribution in [0.4, 0.5) is 0 Å². The van der Waals surface area contributed by atoms with Crippen LogP contribution >= 0.6 is 0 Å². The number of hydrogen-bond donors (Lipinski definition) is 1. The third-order valence-electron chi connectivity index (χ3n) is 3.57. The maximum atomic E-state index is 12.5. The maximum absolute atomic E-state index is 12.5. The van der Waals surface area contributed by atoms with E-state index < -0.39 is 0 Å². The molecule has 0 bridgehead atoms. The number of carbonyl (C=O) groups is 1. The van der Waals surface area contributed by atoms with Gasteiger partial charge in [0.1, 0.15) is 0 Å². The van der Waals surface area contributed by atoms with Crippen molar-refractivity contribution < 1.29 is 4.79 Å². The van der Waals surface area contributed by atoms with Gasteiger partial charge in [0.2, 0.25) is 0 Å². The monoisotopic (exact) mass is 257 g/mol. The van der Waals surface area contributed by atoms with Crippen LogP contribution in [0.1, 0.15) is 35.2 Å². The summed E-state index contributed by atoms with van der Waals surface area (Å²) in [6.45, 7) is 1.63. The Balaban J connectivity index is 2.18. The molecule has 2 rings (SSSR count).